The van der Waals surface area contributed by atoms with Gasteiger partial charge in [-0.1, -0.05) is 11.6 Å². The highest BCUT2D eigenvalue weighted by molar-refractivity contribution is 6.32. The molecule has 0 saturated heterocycles. The smallest absolute Gasteiger partial charge is 0.404 e. The Morgan fingerprint density at radius 1 is 1.40 bits per heavy atom. The van der Waals surface area contributed by atoms with Crippen molar-refractivity contribution < 1.29 is 22.7 Å². The van der Waals surface area contributed by atoms with Crippen LogP contribution in [-0.2, 0) is 0 Å². The molecule has 0 saturated carbocycles. The van der Waals surface area contributed by atoms with Crippen LogP contribution in [0.2, 0.25) is 5.02 Å². The van der Waals surface area contributed by atoms with Crippen LogP contribution in [0.15, 0.2) is 18.2 Å². The summed E-state index contributed by atoms with van der Waals surface area (Å²) in [5, 5.41) is -0.250. The number of rotatable bonds is 2. The zero-order valence-electron chi connectivity index (χ0n) is 7.56. The lowest BCUT2D eigenvalue weighted by Crippen LogP contribution is -2.17. The zero-order valence-corrected chi connectivity index (χ0v) is 8.32. The van der Waals surface area contributed by atoms with Crippen LogP contribution < -0.4 is 4.74 Å². The second-order valence-corrected chi connectivity index (χ2v) is 3.16. The van der Waals surface area contributed by atoms with Gasteiger partial charge >= 0.3 is 6.36 Å². The van der Waals surface area contributed by atoms with Crippen molar-refractivity contribution in [3.8, 4) is 5.75 Å². The molecule has 0 N–H and O–H groups in total. The summed E-state index contributed by atoms with van der Waals surface area (Å²) in [7, 11) is 0. The summed E-state index contributed by atoms with van der Waals surface area (Å²) < 4.78 is 39.1. The van der Waals surface area contributed by atoms with E-state index in [4.69, 9.17) is 11.6 Å². The maximum atomic E-state index is 11.8. The van der Waals surface area contributed by atoms with Crippen molar-refractivity contribution in [2.45, 2.75) is 13.3 Å². The molecule has 0 amide bonds. The monoisotopic (exact) mass is 238 g/mol. The third-order valence-corrected chi connectivity index (χ3v) is 1.86. The summed E-state index contributed by atoms with van der Waals surface area (Å²) in [4.78, 5) is 10.9. The van der Waals surface area contributed by atoms with E-state index in [2.05, 4.69) is 4.74 Å². The molecule has 0 fully saturated rings. The first-order valence-corrected chi connectivity index (χ1v) is 4.23. The molecule has 0 aliphatic heterocycles. The molecule has 0 aliphatic rings. The number of ketones is 1. The van der Waals surface area contributed by atoms with Crippen LogP contribution in [0, 0.1) is 0 Å². The summed E-state index contributed by atoms with van der Waals surface area (Å²) in [5.41, 5.74) is 0.231. The summed E-state index contributed by atoms with van der Waals surface area (Å²) in [6, 6.07) is 3.35. The lowest BCUT2D eigenvalue weighted by molar-refractivity contribution is -0.274. The number of hydrogen-bond acceptors (Lipinski definition) is 2. The Bertz CT molecular complexity index is 387. The fourth-order valence-corrected chi connectivity index (χ4v) is 1.15. The molecule has 0 heterocycles. The maximum Gasteiger partial charge on any atom is 0.573 e. The van der Waals surface area contributed by atoms with Crippen LogP contribution >= 0.6 is 11.6 Å². The van der Waals surface area contributed by atoms with E-state index in [1.165, 1.54) is 13.0 Å². The highest BCUT2D eigenvalue weighted by Crippen LogP contribution is 2.30. The molecule has 15 heavy (non-hydrogen) atoms. The minimum Gasteiger partial charge on any atom is -0.404 e. The zero-order chi connectivity index (χ0) is 11.6. The predicted molar refractivity (Wildman–Crippen MR) is 48.1 cm³/mol. The average Bonchev–Trinajstić information content (AvgIpc) is 2.05. The number of alkyl halides is 3. The Balaban J connectivity index is 2.99. The number of carbonyl (C=O) groups is 1. The molecule has 6 heteroatoms. The van der Waals surface area contributed by atoms with Crippen molar-refractivity contribution >= 4 is 17.4 Å². The van der Waals surface area contributed by atoms with Crippen LogP contribution in [0.3, 0.4) is 0 Å². The van der Waals surface area contributed by atoms with Crippen LogP contribution in [0.4, 0.5) is 13.2 Å². The van der Waals surface area contributed by atoms with E-state index < -0.39 is 12.1 Å². The van der Waals surface area contributed by atoms with Crippen molar-refractivity contribution in [2.24, 2.45) is 0 Å². The van der Waals surface area contributed by atoms with E-state index in [9.17, 15) is 18.0 Å². The third-order valence-electron chi connectivity index (χ3n) is 1.56. The fraction of sp³-hybridized carbons (Fsp3) is 0.222. The van der Waals surface area contributed by atoms with Gasteiger partial charge in [-0.15, -0.1) is 13.2 Å². The predicted octanol–water partition coefficient (Wildman–Crippen LogP) is 3.44. The normalized spacial score (nSPS) is 11.3. The van der Waals surface area contributed by atoms with E-state index in [0.29, 0.717) is 0 Å². The molecule has 1 rings (SSSR count). The minimum atomic E-state index is -4.79. The van der Waals surface area contributed by atoms with Crippen molar-refractivity contribution in [3.63, 3.8) is 0 Å². The first-order valence-electron chi connectivity index (χ1n) is 3.86. The van der Waals surface area contributed by atoms with Crippen LogP contribution in [0.5, 0.6) is 5.75 Å². The van der Waals surface area contributed by atoms with Crippen LogP contribution in [-0.4, -0.2) is 12.1 Å². The molecule has 0 aromatic heterocycles. The molecule has 0 spiro atoms. The average molecular weight is 239 g/mol. The van der Waals surface area contributed by atoms with Gasteiger partial charge in [0.2, 0.25) is 0 Å². The quantitative estimate of drug-likeness (QED) is 0.738. The molecule has 0 bridgehead atoms. The number of halogens is 4. The number of benzene rings is 1. The van der Waals surface area contributed by atoms with Gasteiger partial charge in [0, 0.05) is 5.56 Å². The van der Waals surface area contributed by atoms with E-state index in [1.54, 1.807) is 0 Å². The topological polar surface area (TPSA) is 26.3 Å². The largest absolute Gasteiger partial charge is 0.573 e. The van der Waals surface area contributed by atoms with Gasteiger partial charge in [-0.05, 0) is 25.1 Å². The number of ether oxygens (including phenoxy) is 1. The van der Waals surface area contributed by atoms with Crippen molar-refractivity contribution in [2.75, 3.05) is 0 Å². The van der Waals surface area contributed by atoms with E-state index in [0.717, 1.165) is 12.1 Å². The van der Waals surface area contributed by atoms with Crippen LogP contribution in [0.1, 0.15) is 17.3 Å². The highest BCUT2D eigenvalue weighted by atomic mass is 35.5. The molecule has 0 unspecified atom stereocenters. The molecule has 0 radical (unpaired) electrons. The van der Waals surface area contributed by atoms with Gasteiger partial charge in [0.25, 0.3) is 0 Å². The molecule has 2 nitrogen and oxygen atoms in total. The number of hydrogen-bond donors (Lipinski definition) is 0. The summed E-state index contributed by atoms with van der Waals surface area (Å²) in [6.07, 6.45) is -4.79. The maximum absolute atomic E-state index is 11.8. The molecule has 1 aromatic carbocycles. The van der Waals surface area contributed by atoms with E-state index >= 15 is 0 Å². The summed E-state index contributed by atoms with van der Waals surface area (Å²) in [6.45, 7) is 1.29. The second-order valence-electron chi connectivity index (χ2n) is 2.75. The van der Waals surface area contributed by atoms with Gasteiger partial charge in [0.05, 0.1) is 5.02 Å². The molecule has 1 aromatic rings. The number of carbonyl (C=O) groups excluding carboxylic acids is 1. The Kier molecular flexibility index (Phi) is 3.24. The molecule has 0 aliphatic carbocycles. The van der Waals surface area contributed by atoms with Crippen molar-refractivity contribution in [3.05, 3.63) is 28.8 Å². The molecule has 0 atom stereocenters. The van der Waals surface area contributed by atoms with Gasteiger partial charge in [-0.25, -0.2) is 0 Å². The molecular formula is C9H6ClF3O2. The first kappa shape index (κ1) is 11.8. The van der Waals surface area contributed by atoms with E-state index in [1.807, 2.05) is 0 Å². The fourth-order valence-electron chi connectivity index (χ4n) is 0.927. The lowest BCUT2D eigenvalue weighted by atomic mass is 10.1. The van der Waals surface area contributed by atoms with Crippen molar-refractivity contribution in [1.29, 1.82) is 0 Å². The molecule has 82 valence electrons. The first-order chi connectivity index (χ1) is 6.79. The van der Waals surface area contributed by atoms with Gasteiger partial charge in [0.1, 0.15) is 5.75 Å². The Hall–Kier alpha value is -1.23. The summed E-state index contributed by atoms with van der Waals surface area (Å²) in [5.74, 6) is -0.801. The van der Waals surface area contributed by atoms with Crippen molar-refractivity contribution in [1.82, 2.24) is 0 Å². The van der Waals surface area contributed by atoms with Gasteiger partial charge in [0.15, 0.2) is 5.78 Å². The minimum absolute atomic E-state index is 0.231. The Labute approximate surface area is 88.6 Å². The second kappa shape index (κ2) is 4.10. The third kappa shape index (κ3) is 3.43. The summed E-state index contributed by atoms with van der Waals surface area (Å²) >= 11 is 5.50. The van der Waals surface area contributed by atoms with Gasteiger partial charge in [-0.3, -0.25) is 4.79 Å². The standard InChI is InChI=1S/C9H6ClF3O2/c1-5(14)6-2-3-8(7(10)4-6)15-9(11,12)13/h2-4H,1H3. The Morgan fingerprint density at radius 3 is 2.40 bits per heavy atom. The van der Waals surface area contributed by atoms with E-state index in [-0.39, 0.29) is 16.4 Å². The van der Waals surface area contributed by atoms with Gasteiger partial charge < -0.3 is 4.74 Å². The number of Topliss-reactive ketones (excluding diaryl/α,β-unsaturated/α-hetero) is 1. The molecular weight excluding hydrogens is 233 g/mol. The lowest BCUT2D eigenvalue weighted by Gasteiger charge is -2.10. The van der Waals surface area contributed by atoms with Crippen LogP contribution in [0.25, 0.3) is 0 Å². The highest BCUT2D eigenvalue weighted by Gasteiger charge is 2.32. The Morgan fingerprint density at radius 2 is 2.00 bits per heavy atom. The van der Waals surface area contributed by atoms with Gasteiger partial charge in [-0.2, -0.15) is 0 Å². The SMILES string of the molecule is CC(=O)c1ccc(OC(F)(F)F)c(Cl)c1.